The fourth-order valence-electron chi connectivity index (χ4n) is 5.20. The number of amides is 1. The molecule has 0 atom stereocenters. The van der Waals surface area contributed by atoms with Gasteiger partial charge in [0.1, 0.15) is 5.82 Å². The average molecular weight is 616 g/mol. The number of fused-ring (bicyclic) bond motifs is 1. The molecule has 0 spiro atoms. The summed E-state index contributed by atoms with van der Waals surface area (Å²) in [6, 6.07) is 21.3. The molecule has 3 aromatic carbocycles. The molecule has 44 heavy (non-hydrogen) atoms. The van der Waals surface area contributed by atoms with E-state index in [-0.39, 0.29) is 23.5 Å². The lowest BCUT2D eigenvalue weighted by atomic mass is 10.1. The predicted molar refractivity (Wildman–Crippen MR) is 177 cm³/mol. The summed E-state index contributed by atoms with van der Waals surface area (Å²) in [6.45, 7) is 2.86. The monoisotopic (exact) mass is 615 g/mol. The lowest BCUT2D eigenvalue weighted by molar-refractivity contribution is -0.115. The van der Waals surface area contributed by atoms with Crippen molar-refractivity contribution < 1.29 is 14.3 Å². The second-order valence-corrected chi connectivity index (χ2v) is 11.6. The summed E-state index contributed by atoms with van der Waals surface area (Å²) < 4.78 is 7.01. The molecular weight excluding hydrogens is 574 g/mol. The number of ether oxygens (including phenoxy) is 1. The van der Waals surface area contributed by atoms with Crippen molar-refractivity contribution in [1.29, 1.82) is 0 Å². The van der Waals surface area contributed by atoms with Gasteiger partial charge < -0.3 is 10.1 Å². The molecule has 0 aliphatic carbocycles. The number of carbonyl (C=O) groups excluding carboxylic acids is 2. The Kier molecular flexibility index (Phi) is 13.0. The molecular formula is C36H42ClN3O4. The minimum absolute atomic E-state index is 0.156. The molecule has 0 aliphatic heterocycles. The molecule has 232 valence electrons. The standard InChI is InChI=1S/C36H42ClN3O4/c1-2-3-4-5-6-7-8-9-10-16-23-44-36(43)28-21-22-30(37)32(24-28)39-34(41)25-33-38-31-20-15-14-19-29(31)35(42)40(33)26-27-17-12-11-13-18-27/h11-15,17-22,24H,2-10,16,23,25-26H2,1H3,(H,39,41). The van der Waals surface area contributed by atoms with Crippen molar-refractivity contribution in [3.63, 3.8) is 0 Å². The van der Waals surface area contributed by atoms with Crippen LogP contribution in [0.2, 0.25) is 5.02 Å². The summed E-state index contributed by atoms with van der Waals surface area (Å²) in [5, 5.41) is 3.57. The van der Waals surface area contributed by atoms with Crippen molar-refractivity contribution in [2.45, 2.75) is 84.1 Å². The van der Waals surface area contributed by atoms with E-state index in [1.54, 1.807) is 36.4 Å². The number of anilines is 1. The molecule has 8 heteroatoms. The van der Waals surface area contributed by atoms with E-state index in [1.807, 2.05) is 30.3 Å². The van der Waals surface area contributed by atoms with Gasteiger partial charge >= 0.3 is 5.97 Å². The zero-order chi connectivity index (χ0) is 31.1. The number of carbonyl (C=O) groups is 2. The number of esters is 1. The van der Waals surface area contributed by atoms with Crippen molar-refractivity contribution in [3.05, 3.63) is 105 Å². The van der Waals surface area contributed by atoms with Crippen molar-refractivity contribution in [1.82, 2.24) is 9.55 Å². The van der Waals surface area contributed by atoms with E-state index in [0.717, 1.165) is 24.8 Å². The van der Waals surface area contributed by atoms with Crippen molar-refractivity contribution >= 4 is 40.1 Å². The first kappa shape index (κ1) is 32.9. The number of nitrogens with one attached hydrogen (secondary N) is 1. The predicted octanol–water partition coefficient (Wildman–Crippen LogP) is 8.36. The normalized spacial score (nSPS) is 11.0. The summed E-state index contributed by atoms with van der Waals surface area (Å²) >= 11 is 6.37. The second kappa shape index (κ2) is 17.4. The van der Waals surface area contributed by atoms with Crippen LogP contribution in [0, 0.1) is 0 Å². The van der Waals surface area contributed by atoms with Gasteiger partial charge in [0.2, 0.25) is 5.91 Å². The number of rotatable bonds is 17. The van der Waals surface area contributed by atoms with Crippen LogP contribution in [0.3, 0.4) is 0 Å². The van der Waals surface area contributed by atoms with Crippen LogP contribution in [-0.2, 0) is 22.5 Å². The third kappa shape index (κ3) is 9.78. The maximum absolute atomic E-state index is 13.4. The highest BCUT2D eigenvalue weighted by Crippen LogP contribution is 2.24. The van der Waals surface area contributed by atoms with Crippen molar-refractivity contribution in [3.8, 4) is 0 Å². The summed E-state index contributed by atoms with van der Waals surface area (Å²) in [4.78, 5) is 44.0. The van der Waals surface area contributed by atoms with E-state index in [9.17, 15) is 14.4 Å². The molecule has 0 radical (unpaired) electrons. The van der Waals surface area contributed by atoms with Crippen LogP contribution < -0.4 is 10.9 Å². The van der Waals surface area contributed by atoms with Gasteiger partial charge in [-0.2, -0.15) is 0 Å². The van der Waals surface area contributed by atoms with Gasteiger partial charge in [0.05, 0.1) is 46.7 Å². The number of aromatic nitrogens is 2. The molecule has 0 saturated carbocycles. The van der Waals surface area contributed by atoms with Gasteiger partial charge in [0, 0.05) is 0 Å². The molecule has 0 fully saturated rings. The molecule has 4 rings (SSSR count). The Morgan fingerprint density at radius 2 is 1.50 bits per heavy atom. The van der Waals surface area contributed by atoms with Gasteiger partial charge in [-0.05, 0) is 42.3 Å². The van der Waals surface area contributed by atoms with E-state index in [1.165, 1.54) is 55.6 Å². The smallest absolute Gasteiger partial charge is 0.338 e. The molecule has 0 saturated heterocycles. The molecule has 1 aromatic heterocycles. The van der Waals surface area contributed by atoms with Crippen LogP contribution >= 0.6 is 11.6 Å². The molecule has 1 heterocycles. The first-order valence-electron chi connectivity index (χ1n) is 15.7. The fourth-order valence-corrected chi connectivity index (χ4v) is 5.37. The summed E-state index contributed by atoms with van der Waals surface area (Å²) in [7, 11) is 0. The maximum Gasteiger partial charge on any atom is 0.338 e. The highest BCUT2D eigenvalue weighted by molar-refractivity contribution is 6.33. The second-order valence-electron chi connectivity index (χ2n) is 11.2. The van der Waals surface area contributed by atoms with Crippen LogP contribution in [-0.4, -0.2) is 28.0 Å². The van der Waals surface area contributed by atoms with Gasteiger partial charge in [-0.15, -0.1) is 0 Å². The average Bonchev–Trinajstić information content (AvgIpc) is 3.03. The Balaban J connectivity index is 1.34. The van der Waals surface area contributed by atoms with Gasteiger partial charge in [0.25, 0.3) is 5.56 Å². The summed E-state index contributed by atoms with van der Waals surface area (Å²) in [5.74, 6) is -0.536. The lowest BCUT2D eigenvalue weighted by Crippen LogP contribution is -2.29. The Bertz CT molecular complexity index is 1590. The topological polar surface area (TPSA) is 90.3 Å². The van der Waals surface area contributed by atoms with E-state index in [4.69, 9.17) is 16.3 Å². The summed E-state index contributed by atoms with van der Waals surface area (Å²) in [6.07, 6.45) is 11.9. The molecule has 7 nitrogen and oxygen atoms in total. The van der Waals surface area contributed by atoms with E-state index >= 15 is 0 Å². The van der Waals surface area contributed by atoms with Gasteiger partial charge in [-0.1, -0.05) is 119 Å². The number of nitrogens with zero attached hydrogens (tertiary/aromatic N) is 2. The van der Waals surface area contributed by atoms with Crippen molar-refractivity contribution in [2.24, 2.45) is 0 Å². The van der Waals surface area contributed by atoms with Crippen LogP contribution in [0.15, 0.2) is 77.6 Å². The van der Waals surface area contributed by atoms with E-state index < -0.39 is 11.9 Å². The molecule has 0 unspecified atom stereocenters. The molecule has 4 aromatic rings. The van der Waals surface area contributed by atoms with Crippen molar-refractivity contribution in [2.75, 3.05) is 11.9 Å². The molecule has 1 N–H and O–H groups in total. The largest absolute Gasteiger partial charge is 0.462 e. The van der Waals surface area contributed by atoms with Crippen LogP contribution in [0.5, 0.6) is 0 Å². The number of benzene rings is 3. The van der Waals surface area contributed by atoms with Crippen LogP contribution in [0.25, 0.3) is 10.9 Å². The SMILES string of the molecule is CCCCCCCCCCCCOC(=O)c1ccc(Cl)c(NC(=O)Cc2nc3ccccc3c(=O)n2Cc2ccccc2)c1. The zero-order valence-corrected chi connectivity index (χ0v) is 26.3. The Labute approximate surface area is 264 Å². The third-order valence-electron chi connectivity index (χ3n) is 7.65. The van der Waals surface area contributed by atoms with E-state index in [0.29, 0.717) is 34.6 Å². The third-order valence-corrected chi connectivity index (χ3v) is 7.98. The quantitative estimate of drug-likeness (QED) is 0.0952. The summed E-state index contributed by atoms with van der Waals surface area (Å²) in [5.41, 5.74) is 1.83. The Hall–Kier alpha value is -3.97. The van der Waals surface area contributed by atoms with Gasteiger partial charge in [-0.3, -0.25) is 14.2 Å². The highest BCUT2D eigenvalue weighted by Gasteiger charge is 2.17. The number of halogens is 1. The Morgan fingerprint density at radius 3 is 2.23 bits per heavy atom. The maximum atomic E-state index is 13.4. The zero-order valence-electron chi connectivity index (χ0n) is 25.5. The number of unbranched alkanes of at least 4 members (excludes halogenated alkanes) is 9. The number of para-hydroxylation sites is 1. The fraction of sp³-hybridized carbons (Fsp3) is 0.389. The molecule has 0 aliphatic rings. The first-order chi connectivity index (χ1) is 21.5. The highest BCUT2D eigenvalue weighted by atomic mass is 35.5. The minimum Gasteiger partial charge on any atom is -0.462 e. The number of hydrogen-bond donors (Lipinski definition) is 1. The van der Waals surface area contributed by atoms with Gasteiger partial charge in [0.15, 0.2) is 0 Å². The first-order valence-corrected chi connectivity index (χ1v) is 16.1. The Morgan fingerprint density at radius 1 is 0.841 bits per heavy atom. The molecule has 1 amide bonds. The van der Waals surface area contributed by atoms with Crippen LogP contribution in [0.4, 0.5) is 5.69 Å². The van der Waals surface area contributed by atoms with Crippen LogP contribution in [0.1, 0.15) is 92.9 Å². The lowest BCUT2D eigenvalue weighted by Gasteiger charge is -2.14. The minimum atomic E-state index is -0.457. The van der Waals surface area contributed by atoms with E-state index in [2.05, 4.69) is 17.2 Å². The molecule has 0 bridgehead atoms. The van der Waals surface area contributed by atoms with Gasteiger partial charge in [-0.25, -0.2) is 9.78 Å². The number of hydrogen-bond acceptors (Lipinski definition) is 5.